The second kappa shape index (κ2) is 6.46. The van der Waals surface area contributed by atoms with Crippen LogP contribution in [0.2, 0.25) is 0 Å². The molecular formula is C15H11F4NO2. The molecule has 0 aliphatic carbocycles. The van der Waals surface area contributed by atoms with Gasteiger partial charge in [-0.1, -0.05) is 12.1 Å². The number of ether oxygens (including phenoxy) is 1. The molecule has 0 saturated heterocycles. The number of benzene rings is 2. The first-order valence-corrected chi connectivity index (χ1v) is 6.20. The van der Waals surface area contributed by atoms with E-state index >= 15 is 0 Å². The van der Waals surface area contributed by atoms with Crippen molar-refractivity contribution in [2.24, 2.45) is 0 Å². The van der Waals surface area contributed by atoms with Crippen molar-refractivity contribution in [3.8, 4) is 5.75 Å². The first-order valence-electron chi connectivity index (χ1n) is 6.20. The maximum atomic E-state index is 12.9. The zero-order valence-electron chi connectivity index (χ0n) is 11.2. The van der Waals surface area contributed by atoms with Crippen LogP contribution >= 0.6 is 0 Å². The number of carbonyl (C=O) groups is 1. The highest BCUT2D eigenvalue weighted by Crippen LogP contribution is 2.31. The molecule has 0 radical (unpaired) electrons. The van der Waals surface area contributed by atoms with Gasteiger partial charge >= 0.3 is 6.18 Å². The molecule has 0 aromatic heterocycles. The number of hydrogen-bond acceptors (Lipinski definition) is 2. The highest BCUT2D eigenvalue weighted by molar-refractivity contribution is 5.91. The zero-order valence-corrected chi connectivity index (χ0v) is 11.2. The van der Waals surface area contributed by atoms with Crippen LogP contribution in [-0.2, 0) is 11.0 Å². The number of halogens is 4. The predicted molar refractivity (Wildman–Crippen MR) is 72.0 cm³/mol. The van der Waals surface area contributed by atoms with E-state index in [2.05, 4.69) is 5.32 Å². The van der Waals surface area contributed by atoms with E-state index in [1.165, 1.54) is 30.3 Å². The molecule has 3 nitrogen and oxygen atoms in total. The van der Waals surface area contributed by atoms with E-state index in [1.807, 2.05) is 0 Å². The van der Waals surface area contributed by atoms with E-state index in [0.717, 1.165) is 18.2 Å². The molecule has 2 rings (SSSR count). The van der Waals surface area contributed by atoms with Crippen molar-refractivity contribution in [1.29, 1.82) is 0 Å². The van der Waals surface area contributed by atoms with Crippen LogP contribution in [0.1, 0.15) is 5.56 Å². The smallest absolute Gasteiger partial charge is 0.416 e. The second-order valence-electron chi connectivity index (χ2n) is 4.37. The Bertz CT molecular complexity index is 671. The van der Waals surface area contributed by atoms with Crippen molar-refractivity contribution < 1.29 is 27.1 Å². The molecule has 2 aromatic rings. The molecular weight excluding hydrogens is 302 g/mol. The van der Waals surface area contributed by atoms with Gasteiger partial charge in [0.05, 0.1) is 5.56 Å². The normalized spacial score (nSPS) is 11.1. The van der Waals surface area contributed by atoms with Crippen molar-refractivity contribution in [2.45, 2.75) is 6.18 Å². The lowest BCUT2D eigenvalue weighted by molar-refractivity contribution is -0.137. The number of anilines is 1. The van der Waals surface area contributed by atoms with Crippen LogP contribution in [0.5, 0.6) is 5.75 Å². The van der Waals surface area contributed by atoms with Gasteiger partial charge in [0.2, 0.25) is 0 Å². The van der Waals surface area contributed by atoms with Gasteiger partial charge in [0, 0.05) is 5.69 Å². The number of amides is 1. The minimum Gasteiger partial charge on any atom is -0.484 e. The van der Waals surface area contributed by atoms with Crippen molar-refractivity contribution in [1.82, 2.24) is 0 Å². The number of carbonyl (C=O) groups excluding carboxylic acids is 1. The lowest BCUT2D eigenvalue weighted by Crippen LogP contribution is -2.20. The van der Waals surface area contributed by atoms with Gasteiger partial charge in [0.25, 0.3) is 5.91 Å². The Labute approximate surface area is 123 Å². The van der Waals surface area contributed by atoms with Gasteiger partial charge in [-0.05, 0) is 36.4 Å². The molecule has 0 bridgehead atoms. The summed E-state index contributed by atoms with van der Waals surface area (Å²) in [6.07, 6.45) is -4.48. The largest absolute Gasteiger partial charge is 0.484 e. The summed E-state index contributed by atoms with van der Waals surface area (Å²) in [5.41, 5.74) is -0.631. The van der Waals surface area contributed by atoms with Gasteiger partial charge in [-0.15, -0.1) is 0 Å². The van der Waals surface area contributed by atoms with Gasteiger partial charge in [-0.3, -0.25) is 4.79 Å². The summed E-state index contributed by atoms with van der Waals surface area (Å²) in [4.78, 5) is 11.6. The number of nitrogens with one attached hydrogen (secondary N) is 1. The van der Waals surface area contributed by atoms with Crippen molar-refractivity contribution >= 4 is 11.6 Å². The Hall–Kier alpha value is -2.57. The van der Waals surface area contributed by atoms with Crippen LogP contribution in [0.4, 0.5) is 23.2 Å². The van der Waals surface area contributed by atoms with Crippen molar-refractivity contribution in [3.63, 3.8) is 0 Å². The van der Waals surface area contributed by atoms with E-state index in [0.29, 0.717) is 0 Å². The van der Waals surface area contributed by atoms with E-state index < -0.39 is 30.1 Å². The lowest BCUT2D eigenvalue weighted by Gasteiger charge is -2.10. The Morgan fingerprint density at radius 1 is 1.09 bits per heavy atom. The number of hydrogen-bond donors (Lipinski definition) is 1. The summed E-state index contributed by atoms with van der Waals surface area (Å²) in [5, 5.41) is 2.37. The fourth-order valence-electron chi connectivity index (χ4n) is 1.67. The lowest BCUT2D eigenvalue weighted by atomic mass is 10.2. The van der Waals surface area contributed by atoms with E-state index in [9.17, 15) is 22.4 Å². The zero-order chi connectivity index (χ0) is 16.2. The minimum atomic E-state index is -4.48. The molecule has 0 saturated carbocycles. The van der Waals surface area contributed by atoms with Gasteiger partial charge in [-0.2, -0.15) is 13.2 Å². The third-order valence-corrected chi connectivity index (χ3v) is 2.64. The predicted octanol–water partition coefficient (Wildman–Crippen LogP) is 3.86. The Morgan fingerprint density at radius 3 is 2.50 bits per heavy atom. The van der Waals surface area contributed by atoms with E-state index in [-0.39, 0.29) is 11.4 Å². The molecule has 0 unspecified atom stereocenters. The highest BCUT2D eigenvalue weighted by Gasteiger charge is 2.30. The third-order valence-electron chi connectivity index (χ3n) is 2.64. The quantitative estimate of drug-likeness (QED) is 0.870. The molecule has 1 N–H and O–H groups in total. The maximum absolute atomic E-state index is 12.9. The van der Waals surface area contributed by atoms with Crippen molar-refractivity contribution in [2.75, 3.05) is 11.9 Å². The highest BCUT2D eigenvalue weighted by atomic mass is 19.4. The average molecular weight is 313 g/mol. The van der Waals surface area contributed by atoms with Crippen LogP contribution in [-0.4, -0.2) is 12.5 Å². The summed E-state index contributed by atoms with van der Waals surface area (Å²) in [7, 11) is 0. The topological polar surface area (TPSA) is 38.3 Å². The minimum absolute atomic E-state index is 0.0794. The molecule has 0 heterocycles. The maximum Gasteiger partial charge on any atom is 0.416 e. The third kappa shape index (κ3) is 4.47. The molecule has 0 fully saturated rings. The van der Waals surface area contributed by atoms with Gasteiger partial charge in [0.1, 0.15) is 11.6 Å². The Kier molecular flexibility index (Phi) is 4.65. The molecule has 2 aromatic carbocycles. The number of rotatable bonds is 4. The SMILES string of the molecule is O=C(COc1cccc(C(F)(F)F)c1)Nc1cccc(F)c1. The van der Waals surface area contributed by atoms with Gasteiger partial charge in [-0.25, -0.2) is 4.39 Å². The molecule has 7 heteroatoms. The molecule has 0 aliphatic rings. The Balaban J connectivity index is 1.94. The van der Waals surface area contributed by atoms with Gasteiger partial charge in [0.15, 0.2) is 6.61 Å². The van der Waals surface area contributed by atoms with E-state index in [1.54, 1.807) is 0 Å². The molecule has 0 spiro atoms. The van der Waals surface area contributed by atoms with Crippen LogP contribution in [0, 0.1) is 5.82 Å². The number of alkyl halides is 3. The van der Waals surface area contributed by atoms with Crippen LogP contribution in [0.3, 0.4) is 0 Å². The Morgan fingerprint density at radius 2 is 1.82 bits per heavy atom. The average Bonchev–Trinajstić information content (AvgIpc) is 2.45. The summed E-state index contributed by atoms with van der Waals surface area (Å²) in [5.74, 6) is -1.20. The fourth-order valence-corrected chi connectivity index (χ4v) is 1.67. The van der Waals surface area contributed by atoms with Crippen LogP contribution in [0.25, 0.3) is 0 Å². The molecule has 0 atom stereocenters. The first-order chi connectivity index (χ1) is 10.3. The van der Waals surface area contributed by atoms with Crippen LogP contribution < -0.4 is 10.1 Å². The fraction of sp³-hybridized carbons (Fsp3) is 0.133. The van der Waals surface area contributed by atoms with Gasteiger partial charge < -0.3 is 10.1 Å². The molecule has 116 valence electrons. The standard InChI is InChI=1S/C15H11F4NO2/c16-11-4-2-5-12(8-11)20-14(21)9-22-13-6-1-3-10(7-13)15(17,18)19/h1-8H,9H2,(H,20,21). The second-order valence-corrected chi connectivity index (χ2v) is 4.37. The van der Waals surface area contributed by atoms with Crippen molar-refractivity contribution in [3.05, 3.63) is 59.9 Å². The first kappa shape index (κ1) is 15.8. The van der Waals surface area contributed by atoms with Crippen LogP contribution in [0.15, 0.2) is 48.5 Å². The summed E-state index contributed by atoms with van der Waals surface area (Å²) in [6.45, 7) is -0.488. The summed E-state index contributed by atoms with van der Waals surface area (Å²) < 4.78 is 55.5. The summed E-state index contributed by atoms with van der Waals surface area (Å²) in [6, 6.07) is 9.42. The van der Waals surface area contributed by atoms with E-state index in [4.69, 9.17) is 4.74 Å². The molecule has 22 heavy (non-hydrogen) atoms. The molecule has 1 amide bonds. The summed E-state index contributed by atoms with van der Waals surface area (Å²) >= 11 is 0. The molecule has 0 aliphatic heterocycles. The monoisotopic (exact) mass is 313 g/mol.